The Balaban J connectivity index is 2.01. The van der Waals surface area contributed by atoms with E-state index in [2.05, 4.69) is 10.6 Å². The second-order valence-electron chi connectivity index (χ2n) is 2.49. The second kappa shape index (κ2) is 3.83. The van der Waals surface area contributed by atoms with Gasteiger partial charge in [-0.15, -0.1) is 0 Å². The van der Waals surface area contributed by atoms with Gasteiger partial charge >= 0.3 is 0 Å². The van der Waals surface area contributed by atoms with Crippen molar-refractivity contribution in [3.8, 4) is 0 Å². The highest BCUT2D eigenvalue weighted by atomic mass is 19.3. The molecule has 0 bridgehead atoms. The maximum Gasteiger partial charge on any atom is 0.250 e. The van der Waals surface area contributed by atoms with Crippen LogP contribution in [0.25, 0.3) is 0 Å². The lowest BCUT2D eigenvalue weighted by molar-refractivity contribution is 0.142. The van der Waals surface area contributed by atoms with Crippen LogP contribution in [0.1, 0.15) is 6.42 Å². The molecule has 60 valence electrons. The van der Waals surface area contributed by atoms with Gasteiger partial charge in [-0.1, -0.05) is 0 Å². The molecular formula is C6H12F2N2. The molecule has 0 aromatic carbocycles. The van der Waals surface area contributed by atoms with E-state index in [-0.39, 0.29) is 12.6 Å². The van der Waals surface area contributed by atoms with Crippen LogP contribution in [0.3, 0.4) is 0 Å². The molecule has 0 aromatic heterocycles. The molecule has 0 amide bonds. The van der Waals surface area contributed by atoms with Crippen LogP contribution in [0.15, 0.2) is 0 Å². The van der Waals surface area contributed by atoms with Gasteiger partial charge in [-0.25, -0.2) is 8.78 Å². The lowest BCUT2D eigenvalue weighted by Crippen LogP contribution is -2.34. The summed E-state index contributed by atoms with van der Waals surface area (Å²) in [5.74, 6) is 0. The molecule has 1 heterocycles. The first-order chi connectivity index (χ1) is 4.79. The van der Waals surface area contributed by atoms with Crippen molar-refractivity contribution in [2.24, 2.45) is 0 Å². The van der Waals surface area contributed by atoms with Crippen molar-refractivity contribution in [3.63, 3.8) is 0 Å². The summed E-state index contributed by atoms with van der Waals surface area (Å²) < 4.78 is 23.2. The summed E-state index contributed by atoms with van der Waals surface area (Å²) in [5.41, 5.74) is 0. The van der Waals surface area contributed by atoms with Gasteiger partial charge in [0.05, 0.1) is 6.54 Å². The molecular weight excluding hydrogens is 138 g/mol. The first-order valence-corrected chi connectivity index (χ1v) is 3.51. The highest BCUT2D eigenvalue weighted by Gasteiger charge is 2.14. The van der Waals surface area contributed by atoms with Gasteiger partial charge in [0.1, 0.15) is 0 Å². The van der Waals surface area contributed by atoms with Gasteiger partial charge in [0.2, 0.25) is 0 Å². The SMILES string of the molecule is FC(F)CNC1CCNC1. The molecule has 2 nitrogen and oxygen atoms in total. The van der Waals surface area contributed by atoms with Crippen molar-refractivity contribution in [2.45, 2.75) is 18.9 Å². The van der Waals surface area contributed by atoms with Crippen LogP contribution < -0.4 is 10.6 Å². The van der Waals surface area contributed by atoms with E-state index < -0.39 is 6.43 Å². The zero-order chi connectivity index (χ0) is 7.40. The quantitative estimate of drug-likeness (QED) is 0.600. The number of hydrogen-bond acceptors (Lipinski definition) is 2. The third-order valence-corrected chi connectivity index (χ3v) is 1.62. The molecule has 10 heavy (non-hydrogen) atoms. The standard InChI is InChI=1S/C6H12F2N2/c7-6(8)4-10-5-1-2-9-3-5/h5-6,9-10H,1-4H2. The molecule has 1 rings (SSSR count). The monoisotopic (exact) mass is 150 g/mol. The van der Waals surface area contributed by atoms with E-state index in [4.69, 9.17) is 0 Å². The number of rotatable bonds is 3. The van der Waals surface area contributed by atoms with Gasteiger partial charge in [-0.2, -0.15) is 0 Å². The minimum Gasteiger partial charge on any atom is -0.315 e. The molecule has 1 atom stereocenters. The molecule has 1 saturated heterocycles. The molecule has 0 radical (unpaired) electrons. The minimum absolute atomic E-state index is 0.174. The lowest BCUT2D eigenvalue weighted by atomic mass is 10.3. The van der Waals surface area contributed by atoms with Gasteiger partial charge in [0, 0.05) is 12.6 Å². The smallest absolute Gasteiger partial charge is 0.250 e. The van der Waals surface area contributed by atoms with Crippen LogP contribution in [-0.2, 0) is 0 Å². The van der Waals surface area contributed by atoms with Gasteiger partial charge in [0.15, 0.2) is 0 Å². The Morgan fingerprint density at radius 3 is 2.90 bits per heavy atom. The van der Waals surface area contributed by atoms with Crippen LogP contribution in [0.5, 0.6) is 0 Å². The summed E-state index contributed by atoms with van der Waals surface area (Å²) in [4.78, 5) is 0. The third kappa shape index (κ3) is 2.58. The lowest BCUT2D eigenvalue weighted by Gasteiger charge is -2.09. The Hall–Kier alpha value is -0.220. The largest absolute Gasteiger partial charge is 0.315 e. The molecule has 0 aliphatic carbocycles. The highest BCUT2D eigenvalue weighted by Crippen LogP contribution is 1.97. The molecule has 1 unspecified atom stereocenters. The Kier molecular flexibility index (Phi) is 3.02. The van der Waals surface area contributed by atoms with E-state index in [0.717, 1.165) is 19.5 Å². The van der Waals surface area contributed by atoms with Gasteiger partial charge in [0.25, 0.3) is 6.43 Å². The number of halogens is 2. The fraction of sp³-hybridized carbons (Fsp3) is 1.00. The Bertz CT molecular complexity index is 91.7. The van der Waals surface area contributed by atoms with E-state index in [1.54, 1.807) is 0 Å². The fourth-order valence-corrected chi connectivity index (χ4v) is 1.08. The molecule has 4 heteroatoms. The van der Waals surface area contributed by atoms with Crippen LogP contribution in [0.4, 0.5) is 8.78 Å². The number of nitrogens with one attached hydrogen (secondary N) is 2. The van der Waals surface area contributed by atoms with E-state index in [0.29, 0.717) is 0 Å². The topological polar surface area (TPSA) is 24.1 Å². The average Bonchev–Trinajstić information content (AvgIpc) is 2.34. The summed E-state index contributed by atoms with van der Waals surface area (Å²) in [6.45, 7) is 1.60. The van der Waals surface area contributed by atoms with Crippen LogP contribution in [0.2, 0.25) is 0 Å². The highest BCUT2D eigenvalue weighted by molar-refractivity contribution is 4.77. The normalized spacial score (nSPS) is 26.1. The summed E-state index contributed by atoms with van der Waals surface area (Å²) in [7, 11) is 0. The average molecular weight is 150 g/mol. The Morgan fingerprint density at radius 2 is 2.40 bits per heavy atom. The van der Waals surface area contributed by atoms with Gasteiger partial charge in [-0.05, 0) is 13.0 Å². The predicted molar refractivity (Wildman–Crippen MR) is 35.3 cm³/mol. The summed E-state index contributed by atoms with van der Waals surface area (Å²) in [5, 5.41) is 5.86. The van der Waals surface area contributed by atoms with E-state index in [1.165, 1.54) is 0 Å². The molecule has 1 aliphatic rings. The van der Waals surface area contributed by atoms with E-state index in [9.17, 15) is 8.78 Å². The summed E-state index contributed by atoms with van der Waals surface area (Å²) in [6.07, 6.45) is -1.26. The van der Waals surface area contributed by atoms with Crippen molar-refractivity contribution >= 4 is 0 Å². The minimum atomic E-state index is -2.22. The maximum atomic E-state index is 11.6. The Morgan fingerprint density at radius 1 is 1.60 bits per heavy atom. The van der Waals surface area contributed by atoms with Crippen LogP contribution in [0, 0.1) is 0 Å². The second-order valence-corrected chi connectivity index (χ2v) is 2.49. The van der Waals surface area contributed by atoms with Crippen molar-refractivity contribution in [1.29, 1.82) is 0 Å². The van der Waals surface area contributed by atoms with Crippen LogP contribution >= 0.6 is 0 Å². The van der Waals surface area contributed by atoms with Crippen LogP contribution in [-0.4, -0.2) is 32.1 Å². The molecule has 1 fully saturated rings. The number of hydrogen-bond donors (Lipinski definition) is 2. The molecule has 0 aromatic rings. The number of alkyl halides is 2. The van der Waals surface area contributed by atoms with Crippen molar-refractivity contribution in [3.05, 3.63) is 0 Å². The van der Waals surface area contributed by atoms with Crippen molar-refractivity contribution in [2.75, 3.05) is 19.6 Å². The van der Waals surface area contributed by atoms with E-state index in [1.807, 2.05) is 0 Å². The first kappa shape index (κ1) is 7.88. The molecule has 0 saturated carbocycles. The fourth-order valence-electron chi connectivity index (χ4n) is 1.08. The zero-order valence-electron chi connectivity index (χ0n) is 5.74. The molecule has 0 spiro atoms. The summed E-state index contributed by atoms with van der Waals surface area (Å²) in [6, 6.07) is 0.258. The van der Waals surface area contributed by atoms with Gasteiger partial charge in [-0.3, -0.25) is 0 Å². The first-order valence-electron chi connectivity index (χ1n) is 3.51. The van der Waals surface area contributed by atoms with Gasteiger partial charge < -0.3 is 10.6 Å². The zero-order valence-corrected chi connectivity index (χ0v) is 5.74. The molecule has 1 aliphatic heterocycles. The predicted octanol–water partition coefficient (Wildman–Crippen LogP) is 0.203. The Labute approximate surface area is 59.0 Å². The van der Waals surface area contributed by atoms with Crippen molar-refractivity contribution < 1.29 is 8.78 Å². The van der Waals surface area contributed by atoms with E-state index >= 15 is 0 Å². The third-order valence-electron chi connectivity index (χ3n) is 1.62. The van der Waals surface area contributed by atoms with Crippen molar-refractivity contribution in [1.82, 2.24) is 10.6 Å². The summed E-state index contributed by atoms with van der Waals surface area (Å²) >= 11 is 0. The molecule has 2 N–H and O–H groups in total. The maximum absolute atomic E-state index is 11.6.